The predicted octanol–water partition coefficient (Wildman–Crippen LogP) is 1.78. The van der Waals surface area contributed by atoms with Gasteiger partial charge in [-0.25, -0.2) is 4.98 Å². The lowest BCUT2D eigenvalue weighted by molar-refractivity contribution is 0.679. The van der Waals surface area contributed by atoms with E-state index in [0.717, 1.165) is 5.69 Å². The fourth-order valence-electron chi connectivity index (χ4n) is 1.17. The van der Waals surface area contributed by atoms with E-state index in [1.165, 1.54) is 0 Å². The zero-order chi connectivity index (χ0) is 10.5. The summed E-state index contributed by atoms with van der Waals surface area (Å²) in [6, 6.07) is 11.0. The summed E-state index contributed by atoms with van der Waals surface area (Å²) in [7, 11) is -1.11. The molecule has 1 unspecified atom stereocenters. The van der Waals surface area contributed by atoms with E-state index in [1.807, 2.05) is 30.3 Å². The molecule has 1 atom stereocenters. The van der Waals surface area contributed by atoms with Gasteiger partial charge in [0.1, 0.15) is 5.03 Å². The fraction of sp³-hybridized carbons (Fsp3) is 0.0909. The highest BCUT2D eigenvalue weighted by Crippen LogP contribution is 2.07. The van der Waals surface area contributed by atoms with Crippen molar-refractivity contribution in [3.05, 3.63) is 54.5 Å². The first-order valence-corrected chi connectivity index (χ1v) is 5.87. The molecular formula is C11H10N2OS. The van der Waals surface area contributed by atoms with Crippen molar-refractivity contribution >= 4 is 10.8 Å². The molecule has 2 rings (SSSR count). The molecule has 0 bridgehead atoms. The van der Waals surface area contributed by atoms with Gasteiger partial charge in [-0.2, -0.15) is 0 Å². The van der Waals surface area contributed by atoms with Crippen LogP contribution < -0.4 is 0 Å². The highest BCUT2D eigenvalue weighted by atomic mass is 32.2. The van der Waals surface area contributed by atoms with E-state index in [1.54, 1.807) is 18.5 Å². The molecule has 0 fully saturated rings. The second-order valence-corrected chi connectivity index (χ2v) is 4.38. The van der Waals surface area contributed by atoms with Gasteiger partial charge < -0.3 is 0 Å². The predicted molar refractivity (Wildman–Crippen MR) is 58.6 cm³/mol. The van der Waals surface area contributed by atoms with Crippen LogP contribution in [0.1, 0.15) is 5.69 Å². The van der Waals surface area contributed by atoms with E-state index in [2.05, 4.69) is 9.97 Å². The van der Waals surface area contributed by atoms with Crippen LogP contribution in [0.2, 0.25) is 0 Å². The Balaban J connectivity index is 2.12. The summed E-state index contributed by atoms with van der Waals surface area (Å²) in [5, 5.41) is 0.600. The molecule has 0 saturated heterocycles. The van der Waals surface area contributed by atoms with Crippen LogP contribution in [0.3, 0.4) is 0 Å². The van der Waals surface area contributed by atoms with Crippen LogP contribution in [-0.2, 0) is 16.6 Å². The van der Waals surface area contributed by atoms with Crippen LogP contribution in [0.15, 0.2) is 53.8 Å². The molecular weight excluding hydrogens is 208 g/mol. The zero-order valence-electron chi connectivity index (χ0n) is 8.04. The quantitative estimate of drug-likeness (QED) is 0.788. The number of pyridine rings is 2. The Hall–Kier alpha value is -1.55. The lowest BCUT2D eigenvalue weighted by atomic mass is 10.4. The number of nitrogens with zero attached hydrogens (tertiary/aromatic N) is 2. The molecule has 15 heavy (non-hydrogen) atoms. The van der Waals surface area contributed by atoms with Crippen molar-refractivity contribution < 1.29 is 4.21 Å². The maximum Gasteiger partial charge on any atom is 0.127 e. The SMILES string of the molecule is O=S(Cc1ccccn1)c1ccccn1. The third-order valence-electron chi connectivity index (χ3n) is 1.88. The summed E-state index contributed by atoms with van der Waals surface area (Å²) in [6.07, 6.45) is 3.34. The maximum atomic E-state index is 11.8. The van der Waals surface area contributed by atoms with E-state index < -0.39 is 10.8 Å². The minimum atomic E-state index is -1.11. The maximum absolute atomic E-state index is 11.8. The minimum absolute atomic E-state index is 0.415. The second-order valence-electron chi connectivity index (χ2n) is 2.98. The Bertz CT molecular complexity index is 445. The Morgan fingerprint density at radius 3 is 2.33 bits per heavy atom. The van der Waals surface area contributed by atoms with Gasteiger partial charge in [-0.1, -0.05) is 12.1 Å². The number of hydrogen-bond acceptors (Lipinski definition) is 3. The molecule has 2 aromatic rings. The summed E-state index contributed by atoms with van der Waals surface area (Å²) in [4.78, 5) is 8.17. The molecule has 0 aliphatic rings. The average Bonchev–Trinajstić information content (AvgIpc) is 2.31. The van der Waals surface area contributed by atoms with Gasteiger partial charge in [0.25, 0.3) is 0 Å². The summed E-state index contributed by atoms with van der Waals surface area (Å²) < 4.78 is 11.8. The fourth-order valence-corrected chi connectivity index (χ4v) is 2.17. The van der Waals surface area contributed by atoms with E-state index in [-0.39, 0.29) is 0 Å². The summed E-state index contributed by atoms with van der Waals surface area (Å²) >= 11 is 0. The first-order chi connectivity index (χ1) is 7.36. The minimum Gasteiger partial charge on any atom is -0.260 e. The lowest BCUT2D eigenvalue weighted by Crippen LogP contribution is -1.99. The van der Waals surface area contributed by atoms with Gasteiger partial charge in [0.05, 0.1) is 22.2 Å². The first kappa shape index (κ1) is 9.98. The topological polar surface area (TPSA) is 42.9 Å². The Kier molecular flexibility index (Phi) is 3.19. The number of aromatic nitrogens is 2. The molecule has 0 saturated carbocycles. The van der Waals surface area contributed by atoms with Crippen molar-refractivity contribution in [3.63, 3.8) is 0 Å². The molecule has 76 valence electrons. The normalized spacial score (nSPS) is 12.3. The molecule has 0 spiro atoms. The van der Waals surface area contributed by atoms with Crippen molar-refractivity contribution in [3.8, 4) is 0 Å². The smallest absolute Gasteiger partial charge is 0.127 e. The lowest BCUT2D eigenvalue weighted by Gasteiger charge is -2.00. The second kappa shape index (κ2) is 4.79. The van der Waals surface area contributed by atoms with E-state index in [9.17, 15) is 4.21 Å². The molecule has 0 aliphatic heterocycles. The van der Waals surface area contributed by atoms with Gasteiger partial charge in [-0.15, -0.1) is 0 Å². The van der Waals surface area contributed by atoms with Crippen LogP contribution >= 0.6 is 0 Å². The molecule has 2 heterocycles. The van der Waals surface area contributed by atoms with Crippen molar-refractivity contribution in [1.82, 2.24) is 9.97 Å². The number of hydrogen-bond donors (Lipinski definition) is 0. The Morgan fingerprint density at radius 1 is 1.00 bits per heavy atom. The zero-order valence-corrected chi connectivity index (χ0v) is 8.85. The first-order valence-electron chi connectivity index (χ1n) is 4.55. The molecule has 2 aromatic heterocycles. The van der Waals surface area contributed by atoms with Crippen LogP contribution in [0.25, 0.3) is 0 Å². The van der Waals surface area contributed by atoms with Crippen molar-refractivity contribution in [1.29, 1.82) is 0 Å². The largest absolute Gasteiger partial charge is 0.260 e. The summed E-state index contributed by atoms with van der Waals surface area (Å²) in [6.45, 7) is 0. The third kappa shape index (κ3) is 2.70. The highest BCUT2D eigenvalue weighted by Gasteiger charge is 2.05. The van der Waals surface area contributed by atoms with Crippen LogP contribution in [-0.4, -0.2) is 14.2 Å². The average molecular weight is 218 g/mol. The van der Waals surface area contributed by atoms with Gasteiger partial charge >= 0.3 is 0 Å². The Labute approximate surface area is 90.7 Å². The number of rotatable bonds is 3. The molecule has 3 nitrogen and oxygen atoms in total. The molecule has 0 aromatic carbocycles. The van der Waals surface area contributed by atoms with Gasteiger partial charge in [0.2, 0.25) is 0 Å². The molecule has 0 aliphatic carbocycles. The standard InChI is InChI=1S/C11H10N2OS/c14-15(11-6-2-4-8-13-11)9-10-5-1-3-7-12-10/h1-8H,9H2. The molecule has 0 N–H and O–H groups in total. The van der Waals surface area contributed by atoms with Crippen molar-refractivity contribution in [2.24, 2.45) is 0 Å². The molecule has 4 heteroatoms. The van der Waals surface area contributed by atoms with E-state index >= 15 is 0 Å². The third-order valence-corrected chi connectivity index (χ3v) is 3.14. The van der Waals surface area contributed by atoms with Gasteiger partial charge in [-0.05, 0) is 24.3 Å². The molecule has 0 radical (unpaired) electrons. The van der Waals surface area contributed by atoms with Crippen LogP contribution in [0.5, 0.6) is 0 Å². The van der Waals surface area contributed by atoms with Crippen molar-refractivity contribution in [2.75, 3.05) is 0 Å². The van der Waals surface area contributed by atoms with Gasteiger partial charge in [0, 0.05) is 12.4 Å². The summed E-state index contributed by atoms with van der Waals surface area (Å²) in [5.41, 5.74) is 0.821. The van der Waals surface area contributed by atoms with Crippen LogP contribution in [0, 0.1) is 0 Å². The highest BCUT2D eigenvalue weighted by molar-refractivity contribution is 7.84. The van der Waals surface area contributed by atoms with E-state index in [4.69, 9.17) is 0 Å². The van der Waals surface area contributed by atoms with Crippen LogP contribution in [0.4, 0.5) is 0 Å². The van der Waals surface area contributed by atoms with Gasteiger partial charge in [0.15, 0.2) is 0 Å². The van der Waals surface area contributed by atoms with E-state index in [0.29, 0.717) is 10.8 Å². The Morgan fingerprint density at radius 2 is 1.73 bits per heavy atom. The monoisotopic (exact) mass is 218 g/mol. The molecule has 0 amide bonds. The summed E-state index contributed by atoms with van der Waals surface area (Å²) in [5.74, 6) is 0.415. The van der Waals surface area contributed by atoms with Gasteiger partial charge in [-0.3, -0.25) is 9.19 Å². The van der Waals surface area contributed by atoms with Crippen molar-refractivity contribution in [2.45, 2.75) is 10.8 Å².